The first-order chi connectivity index (χ1) is 9.45. The number of carbonyl (C=O) groups is 1. The number of nitrogens with one attached hydrogen (secondary N) is 1. The van der Waals surface area contributed by atoms with Gasteiger partial charge in [-0.3, -0.25) is 14.9 Å². The third-order valence-corrected chi connectivity index (χ3v) is 4.61. The van der Waals surface area contributed by atoms with Crippen LogP contribution in [-0.2, 0) is 4.79 Å². The van der Waals surface area contributed by atoms with Gasteiger partial charge >= 0.3 is 0 Å². The molecule has 1 aromatic carbocycles. The number of carbonyl (C=O) groups excluding carboxylic acids is 1. The van der Waals surface area contributed by atoms with Gasteiger partial charge in [0.05, 0.1) is 10.6 Å². The Labute approximate surface area is 117 Å². The third kappa shape index (κ3) is 2.28. The molecule has 1 amide bonds. The molecule has 2 atom stereocenters. The van der Waals surface area contributed by atoms with E-state index in [1.165, 1.54) is 12.5 Å². The molecule has 2 saturated carbocycles. The zero-order valence-corrected chi connectivity index (χ0v) is 11.7. The fourth-order valence-electron chi connectivity index (χ4n) is 3.34. The Bertz CT molecular complexity index is 587. The fourth-order valence-corrected chi connectivity index (χ4v) is 3.34. The van der Waals surface area contributed by atoms with Crippen LogP contribution in [0, 0.1) is 41.7 Å². The van der Waals surface area contributed by atoms with Crippen LogP contribution in [0.1, 0.15) is 30.4 Å². The largest absolute Gasteiger partial charge is 0.325 e. The predicted molar refractivity (Wildman–Crippen MR) is 75.5 cm³/mol. The number of aryl methyl sites for hydroxylation is 2. The number of nitrogens with zero attached hydrogens (tertiary/aromatic N) is 1. The minimum absolute atomic E-state index is 0.0125. The van der Waals surface area contributed by atoms with Gasteiger partial charge in [-0.1, -0.05) is 0 Å². The molecule has 2 aliphatic rings. The van der Waals surface area contributed by atoms with E-state index >= 15 is 0 Å². The second-order valence-electron chi connectivity index (χ2n) is 6.12. The number of nitro benzene ring substituents is 1. The summed E-state index contributed by atoms with van der Waals surface area (Å²) < 4.78 is 0. The van der Waals surface area contributed by atoms with Gasteiger partial charge in [0.25, 0.3) is 5.69 Å². The Balaban J connectivity index is 1.77. The molecule has 3 rings (SSSR count). The van der Waals surface area contributed by atoms with Gasteiger partial charge in [0.1, 0.15) is 0 Å². The lowest BCUT2D eigenvalue weighted by Gasteiger charge is -2.14. The van der Waals surface area contributed by atoms with Crippen molar-refractivity contribution in [2.24, 2.45) is 17.8 Å². The number of fused-ring (bicyclic) bond motifs is 1. The molecule has 1 aromatic rings. The van der Waals surface area contributed by atoms with Crippen molar-refractivity contribution in [2.45, 2.75) is 33.1 Å². The Morgan fingerprint density at radius 1 is 1.20 bits per heavy atom. The molecule has 5 heteroatoms. The van der Waals surface area contributed by atoms with E-state index in [1.807, 2.05) is 6.92 Å². The number of nitro groups is 1. The molecule has 2 aliphatic carbocycles. The maximum Gasteiger partial charge on any atom is 0.274 e. The zero-order chi connectivity index (χ0) is 14.4. The van der Waals surface area contributed by atoms with Crippen LogP contribution in [0.2, 0.25) is 0 Å². The lowest BCUT2D eigenvalue weighted by Crippen LogP contribution is -2.22. The highest BCUT2D eigenvalue weighted by molar-refractivity contribution is 5.94. The summed E-state index contributed by atoms with van der Waals surface area (Å²) in [4.78, 5) is 22.8. The van der Waals surface area contributed by atoms with Crippen molar-refractivity contribution in [1.29, 1.82) is 0 Å². The second-order valence-corrected chi connectivity index (χ2v) is 6.12. The van der Waals surface area contributed by atoms with Crippen LogP contribution in [0.15, 0.2) is 12.1 Å². The molecule has 0 spiro atoms. The average Bonchev–Trinajstić information content (AvgIpc) is 2.98. The van der Waals surface area contributed by atoms with Gasteiger partial charge < -0.3 is 5.32 Å². The minimum Gasteiger partial charge on any atom is -0.325 e. The maximum atomic E-state index is 12.2. The Morgan fingerprint density at radius 2 is 1.85 bits per heavy atom. The van der Waals surface area contributed by atoms with Crippen molar-refractivity contribution in [3.8, 4) is 0 Å². The molecular formula is C15H18N2O3. The number of hydrogen-bond donors (Lipinski definition) is 1. The maximum absolute atomic E-state index is 12.2. The summed E-state index contributed by atoms with van der Waals surface area (Å²) in [5, 5.41) is 13.8. The summed E-state index contributed by atoms with van der Waals surface area (Å²) in [7, 11) is 0. The van der Waals surface area contributed by atoms with Crippen LogP contribution < -0.4 is 5.32 Å². The molecule has 0 saturated heterocycles. The van der Waals surface area contributed by atoms with Crippen LogP contribution in [0.25, 0.3) is 0 Å². The van der Waals surface area contributed by atoms with Crippen molar-refractivity contribution < 1.29 is 9.72 Å². The molecule has 0 aromatic heterocycles. The van der Waals surface area contributed by atoms with E-state index in [4.69, 9.17) is 0 Å². The van der Waals surface area contributed by atoms with Crippen LogP contribution in [0.5, 0.6) is 0 Å². The molecular weight excluding hydrogens is 256 g/mol. The lowest BCUT2D eigenvalue weighted by atomic mass is 10.0. The zero-order valence-electron chi connectivity index (χ0n) is 11.7. The smallest absolute Gasteiger partial charge is 0.274 e. The van der Waals surface area contributed by atoms with Crippen LogP contribution >= 0.6 is 0 Å². The third-order valence-electron chi connectivity index (χ3n) is 4.61. The van der Waals surface area contributed by atoms with E-state index in [0.29, 0.717) is 11.3 Å². The van der Waals surface area contributed by atoms with Crippen molar-refractivity contribution in [3.63, 3.8) is 0 Å². The van der Waals surface area contributed by atoms with Crippen molar-refractivity contribution in [1.82, 2.24) is 0 Å². The number of hydrogen-bond acceptors (Lipinski definition) is 3. The normalized spacial score (nSPS) is 27.0. The molecule has 2 unspecified atom stereocenters. The van der Waals surface area contributed by atoms with E-state index in [9.17, 15) is 14.9 Å². The van der Waals surface area contributed by atoms with Crippen LogP contribution in [0.4, 0.5) is 11.4 Å². The molecule has 0 radical (unpaired) electrons. The molecule has 20 heavy (non-hydrogen) atoms. The summed E-state index contributed by atoms with van der Waals surface area (Å²) in [6.45, 7) is 3.57. The first kappa shape index (κ1) is 13.1. The standard InChI is InChI=1S/C15H18N2O3/c1-8-3-9(2)14(17(19)20)7-13(8)16-15(18)12-5-10-4-11(10)6-12/h3,7,10-12H,4-6H2,1-2H3,(H,16,18). The summed E-state index contributed by atoms with van der Waals surface area (Å²) in [5.41, 5.74) is 2.10. The molecule has 0 aliphatic heterocycles. The van der Waals surface area contributed by atoms with Crippen LogP contribution in [-0.4, -0.2) is 10.8 Å². The average molecular weight is 274 g/mol. The van der Waals surface area contributed by atoms with E-state index in [2.05, 4.69) is 5.32 Å². The van der Waals surface area contributed by atoms with Gasteiger partial charge in [0, 0.05) is 17.5 Å². The van der Waals surface area contributed by atoms with Gasteiger partial charge in [0.15, 0.2) is 0 Å². The number of benzene rings is 1. The van der Waals surface area contributed by atoms with E-state index in [-0.39, 0.29) is 17.5 Å². The molecule has 5 nitrogen and oxygen atoms in total. The van der Waals surface area contributed by atoms with Gasteiger partial charge in [0.2, 0.25) is 5.91 Å². The quantitative estimate of drug-likeness (QED) is 0.679. The Morgan fingerprint density at radius 3 is 2.45 bits per heavy atom. The highest BCUT2D eigenvalue weighted by atomic mass is 16.6. The van der Waals surface area contributed by atoms with E-state index in [1.54, 1.807) is 13.0 Å². The van der Waals surface area contributed by atoms with Crippen LogP contribution in [0.3, 0.4) is 0 Å². The minimum atomic E-state index is -0.408. The molecule has 106 valence electrons. The first-order valence-corrected chi connectivity index (χ1v) is 7.02. The van der Waals surface area contributed by atoms with Gasteiger partial charge in [-0.15, -0.1) is 0 Å². The van der Waals surface area contributed by atoms with Crippen molar-refractivity contribution >= 4 is 17.3 Å². The van der Waals surface area contributed by atoms with Gasteiger partial charge in [-0.2, -0.15) is 0 Å². The summed E-state index contributed by atoms with van der Waals surface area (Å²) in [5.74, 6) is 1.59. The SMILES string of the molecule is Cc1cc(C)c([N+](=O)[O-])cc1NC(=O)C1CC2CC2C1. The first-order valence-electron chi connectivity index (χ1n) is 7.02. The number of anilines is 1. The van der Waals surface area contributed by atoms with Gasteiger partial charge in [-0.25, -0.2) is 0 Å². The topological polar surface area (TPSA) is 72.2 Å². The number of rotatable bonds is 3. The molecule has 2 fully saturated rings. The Kier molecular flexibility index (Phi) is 3.00. The molecule has 0 bridgehead atoms. The van der Waals surface area contributed by atoms with Crippen molar-refractivity contribution in [2.75, 3.05) is 5.32 Å². The highest BCUT2D eigenvalue weighted by Crippen LogP contribution is 2.54. The van der Waals surface area contributed by atoms with E-state index in [0.717, 1.165) is 30.2 Å². The van der Waals surface area contributed by atoms with E-state index < -0.39 is 4.92 Å². The second kappa shape index (κ2) is 4.58. The summed E-state index contributed by atoms with van der Waals surface area (Å²) in [6.07, 6.45) is 3.23. The van der Waals surface area contributed by atoms with Gasteiger partial charge in [-0.05, 0) is 56.6 Å². The summed E-state index contributed by atoms with van der Waals surface area (Å²) in [6, 6.07) is 3.22. The highest BCUT2D eigenvalue weighted by Gasteiger charge is 2.48. The molecule has 1 N–H and O–H groups in total. The monoisotopic (exact) mass is 274 g/mol. The molecule has 0 heterocycles. The van der Waals surface area contributed by atoms with Crippen molar-refractivity contribution in [3.05, 3.63) is 33.4 Å². The predicted octanol–water partition coefficient (Wildman–Crippen LogP) is 3.20. The Hall–Kier alpha value is -1.91. The summed E-state index contributed by atoms with van der Waals surface area (Å²) >= 11 is 0. The lowest BCUT2D eigenvalue weighted by molar-refractivity contribution is -0.385. The number of amides is 1. The fraction of sp³-hybridized carbons (Fsp3) is 0.533.